The van der Waals surface area contributed by atoms with Crippen LogP contribution in [0.3, 0.4) is 0 Å². The van der Waals surface area contributed by atoms with E-state index < -0.39 is 72.6 Å². The number of carbonyl (C=O) groups excluding carboxylic acids is 5. The topological polar surface area (TPSA) is 288 Å². The highest BCUT2D eigenvalue weighted by Crippen LogP contribution is 2.30. The normalized spacial score (nSPS) is 12.2. The van der Waals surface area contributed by atoms with Crippen molar-refractivity contribution in [2.45, 2.75) is 64.5 Å². The van der Waals surface area contributed by atoms with E-state index in [4.69, 9.17) is 24.2 Å². The van der Waals surface area contributed by atoms with Gasteiger partial charge in [0.15, 0.2) is 12.4 Å². The highest BCUT2D eigenvalue weighted by atomic mass is 16.7. The van der Waals surface area contributed by atoms with E-state index in [0.29, 0.717) is 12.8 Å². The number of aliphatic carboxylic acids is 3. The van der Waals surface area contributed by atoms with E-state index >= 15 is 0 Å². The van der Waals surface area contributed by atoms with E-state index in [-0.39, 0.29) is 59.2 Å². The van der Waals surface area contributed by atoms with Crippen LogP contribution in [0, 0.1) is 5.92 Å². The van der Waals surface area contributed by atoms with Crippen molar-refractivity contribution in [1.29, 1.82) is 0 Å². The molecule has 1 heterocycles. The van der Waals surface area contributed by atoms with Gasteiger partial charge in [0.2, 0.25) is 12.3 Å². The first-order chi connectivity index (χ1) is 26.7. The van der Waals surface area contributed by atoms with Gasteiger partial charge in [-0.05, 0) is 49.2 Å². The number of nitrogens with one attached hydrogen (secondary N) is 3. The fraction of sp³-hybridized carbons (Fsp3) is 0.351. The Labute approximate surface area is 319 Å². The molecule has 3 rings (SSSR count). The number of furan rings is 1. The molecule has 1 aromatic heterocycles. The van der Waals surface area contributed by atoms with Gasteiger partial charge in [-0.15, -0.1) is 0 Å². The van der Waals surface area contributed by atoms with Gasteiger partial charge in [0.1, 0.15) is 28.9 Å². The third kappa shape index (κ3) is 12.3. The average molecular weight is 783 g/mol. The summed E-state index contributed by atoms with van der Waals surface area (Å²) in [6.45, 7) is 2.40. The number of nitrogens with zero attached hydrogens (tertiary/aromatic N) is 1. The minimum atomic E-state index is -1.80. The molecule has 4 amide bonds. The van der Waals surface area contributed by atoms with Crippen LogP contribution in [0.15, 0.2) is 59.0 Å². The number of benzene rings is 2. The third-order valence-corrected chi connectivity index (χ3v) is 8.27. The molecule has 0 spiro atoms. The second-order valence-electron chi connectivity index (χ2n) is 12.2. The van der Waals surface area contributed by atoms with Gasteiger partial charge in [0.05, 0.1) is 30.6 Å². The molecule has 3 atom stereocenters. The van der Waals surface area contributed by atoms with Crippen molar-refractivity contribution in [3.8, 4) is 22.8 Å². The number of hydrogen-bond acceptors (Lipinski definition) is 12. The van der Waals surface area contributed by atoms with Gasteiger partial charge in [-0.3, -0.25) is 24.0 Å². The average Bonchev–Trinajstić information content (AvgIpc) is 3.66. The lowest BCUT2D eigenvalue weighted by atomic mass is 9.90. The molecule has 19 nitrogen and oxygen atoms in total. The van der Waals surface area contributed by atoms with E-state index in [9.17, 15) is 48.6 Å². The lowest BCUT2D eigenvalue weighted by molar-refractivity contribution is -0.171. The molecule has 56 heavy (non-hydrogen) atoms. The predicted octanol–water partition coefficient (Wildman–Crippen LogP) is 2.78. The molecule has 0 aliphatic rings. The Bertz CT molecular complexity index is 1910. The van der Waals surface area contributed by atoms with Crippen LogP contribution in [-0.2, 0) is 28.8 Å². The lowest BCUT2D eigenvalue weighted by Gasteiger charge is -2.31. The van der Waals surface area contributed by atoms with Crippen LogP contribution in [0.2, 0.25) is 0 Å². The second-order valence-corrected chi connectivity index (χ2v) is 12.2. The lowest BCUT2D eigenvalue weighted by Crippen LogP contribution is -2.49. The van der Waals surface area contributed by atoms with Gasteiger partial charge < -0.3 is 50.4 Å². The number of unbranched alkanes of at least 4 members (excludes halogenated alkanes) is 2. The Kier molecular flexibility index (Phi) is 16.4. The van der Waals surface area contributed by atoms with E-state index in [2.05, 4.69) is 16.0 Å². The highest BCUT2D eigenvalue weighted by molar-refractivity contribution is 6.00. The standard InChI is InChI=1S/C37H42N4O15/c1-3-5-6-9-22(26(4-2)41(20-42)56-37(53)23-10-7-8-11-27(23)43)33(48)38-19-39-35(50)29-15-14-28(55-29)21-12-13-24(30(16-21)54-18-32(46)47)34(49)40-25(36(51)52)17-31(44)45/h7-8,10-16,20,22,25-26,43H,3-6,9,17-19H2,1-2H3,(H,38,48)(H,39,50)(H,40,49)(H,44,45)(H,46,47)(H,51,52)/t22?,25?,26-/m1/s1. The fourth-order valence-electron chi connectivity index (χ4n) is 5.49. The first-order valence-corrected chi connectivity index (χ1v) is 17.3. The molecule has 19 heteroatoms. The van der Waals surface area contributed by atoms with Crippen LogP contribution in [0.1, 0.15) is 83.6 Å². The van der Waals surface area contributed by atoms with E-state index in [1.165, 1.54) is 48.5 Å². The molecule has 3 aromatic rings. The molecule has 0 aliphatic heterocycles. The summed E-state index contributed by atoms with van der Waals surface area (Å²) in [6, 6.07) is 9.31. The Hall–Kier alpha value is -6.92. The van der Waals surface area contributed by atoms with Crippen LogP contribution >= 0.6 is 0 Å². The SMILES string of the molecule is CCCCCC(C(=O)NCNC(=O)c1ccc(-c2ccc(C(=O)NC(CC(=O)O)C(=O)O)c(OCC(=O)O)c2)o1)[C@@H](CC)N(C=O)OC(=O)c1ccccc1O. The Morgan fingerprint density at radius 3 is 2.23 bits per heavy atom. The van der Waals surface area contributed by atoms with Crippen LogP contribution < -0.4 is 20.7 Å². The van der Waals surface area contributed by atoms with Gasteiger partial charge >= 0.3 is 23.9 Å². The first-order valence-electron chi connectivity index (χ1n) is 17.3. The van der Waals surface area contributed by atoms with E-state index in [1.54, 1.807) is 6.92 Å². The molecule has 0 aliphatic carbocycles. The number of carboxylic acids is 3. The summed E-state index contributed by atoms with van der Waals surface area (Å²) < 4.78 is 10.9. The molecule has 2 unspecified atom stereocenters. The van der Waals surface area contributed by atoms with Crippen molar-refractivity contribution in [1.82, 2.24) is 21.0 Å². The number of phenols is 1. The van der Waals surface area contributed by atoms with Crippen molar-refractivity contribution in [3.05, 3.63) is 71.5 Å². The number of ether oxygens (including phenoxy) is 1. The van der Waals surface area contributed by atoms with Gasteiger partial charge in [0, 0.05) is 5.56 Å². The smallest absolute Gasteiger partial charge is 0.366 e. The largest absolute Gasteiger partial charge is 0.507 e. The minimum Gasteiger partial charge on any atom is -0.507 e. The van der Waals surface area contributed by atoms with Gasteiger partial charge in [-0.2, -0.15) is 5.06 Å². The number of amides is 4. The molecule has 0 saturated carbocycles. The zero-order valence-corrected chi connectivity index (χ0v) is 30.4. The summed E-state index contributed by atoms with van der Waals surface area (Å²) in [6.07, 6.45) is 2.09. The van der Waals surface area contributed by atoms with Crippen molar-refractivity contribution >= 4 is 48.0 Å². The second kappa shape index (κ2) is 21.1. The molecule has 0 radical (unpaired) electrons. The number of rotatable bonds is 23. The van der Waals surface area contributed by atoms with Crippen LogP contribution in [0.5, 0.6) is 11.5 Å². The quantitative estimate of drug-likeness (QED) is 0.0315. The number of hydrogen-bond donors (Lipinski definition) is 7. The number of para-hydroxylation sites is 1. The molecule has 7 N–H and O–H groups in total. The zero-order chi connectivity index (χ0) is 41.4. The zero-order valence-electron chi connectivity index (χ0n) is 30.4. The van der Waals surface area contributed by atoms with E-state index in [0.717, 1.165) is 24.0 Å². The Morgan fingerprint density at radius 2 is 1.61 bits per heavy atom. The third-order valence-electron chi connectivity index (χ3n) is 8.27. The molecule has 2 aromatic carbocycles. The van der Waals surface area contributed by atoms with Crippen molar-refractivity contribution < 1.29 is 72.8 Å². The maximum absolute atomic E-state index is 13.5. The molecule has 0 saturated heterocycles. The van der Waals surface area contributed by atoms with E-state index in [1.807, 2.05) is 6.92 Å². The summed E-state index contributed by atoms with van der Waals surface area (Å²) in [5.41, 5.74) is -0.282. The minimum absolute atomic E-state index is 0.0645. The number of phenolic OH excluding ortho intramolecular Hbond substituents is 1. The number of carboxylic acid groups (broad SMARTS) is 3. The fourth-order valence-corrected chi connectivity index (χ4v) is 5.49. The molecule has 0 fully saturated rings. The van der Waals surface area contributed by atoms with Crippen LogP contribution in [0.4, 0.5) is 0 Å². The maximum Gasteiger partial charge on any atom is 0.366 e. The predicted molar refractivity (Wildman–Crippen MR) is 192 cm³/mol. The van der Waals surface area contributed by atoms with Gasteiger partial charge in [0.25, 0.3) is 11.8 Å². The van der Waals surface area contributed by atoms with Gasteiger partial charge in [-0.1, -0.05) is 51.3 Å². The highest BCUT2D eigenvalue weighted by Gasteiger charge is 2.34. The molecule has 0 bridgehead atoms. The van der Waals surface area contributed by atoms with Gasteiger partial charge in [-0.25, -0.2) is 14.4 Å². The number of hydroxylamine groups is 2. The summed E-state index contributed by atoms with van der Waals surface area (Å²) in [7, 11) is 0. The molecule has 300 valence electrons. The monoisotopic (exact) mass is 782 g/mol. The van der Waals surface area contributed by atoms with Crippen molar-refractivity contribution in [2.75, 3.05) is 13.3 Å². The van der Waals surface area contributed by atoms with Crippen molar-refractivity contribution in [2.24, 2.45) is 5.92 Å². The summed E-state index contributed by atoms with van der Waals surface area (Å²) in [5.74, 6) is -9.54. The first kappa shape index (κ1) is 43.5. The van der Waals surface area contributed by atoms with Crippen LogP contribution in [0.25, 0.3) is 11.3 Å². The van der Waals surface area contributed by atoms with Crippen molar-refractivity contribution in [3.63, 3.8) is 0 Å². The number of carbonyl (C=O) groups is 8. The molecular weight excluding hydrogens is 740 g/mol. The number of aromatic hydroxyl groups is 1. The Balaban J connectivity index is 1.73. The summed E-state index contributed by atoms with van der Waals surface area (Å²) >= 11 is 0. The summed E-state index contributed by atoms with van der Waals surface area (Å²) in [5, 5.41) is 45.3. The summed E-state index contributed by atoms with van der Waals surface area (Å²) in [4.78, 5) is 103. The molecular formula is C37H42N4O15. The van der Waals surface area contributed by atoms with Crippen LogP contribution in [-0.4, -0.2) is 98.9 Å². The Morgan fingerprint density at radius 1 is 0.875 bits per heavy atom. The maximum atomic E-state index is 13.5.